The molecule has 3 N–H and O–H groups in total. The number of hydrogen-bond acceptors (Lipinski definition) is 3. The molecule has 5 nitrogen and oxygen atoms in total. The molecule has 6 rings (SSSR count). The number of aromatic hydroxyl groups is 1. The molecule has 4 bridgehead atoms. The molecule has 0 spiro atoms. The van der Waals surface area contributed by atoms with E-state index in [2.05, 4.69) is 15.8 Å². The van der Waals surface area contributed by atoms with E-state index in [1.54, 1.807) is 6.07 Å². The highest BCUT2D eigenvalue weighted by molar-refractivity contribution is 6.02. The molecule has 0 aromatic heterocycles. The van der Waals surface area contributed by atoms with Gasteiger partial charge in [-0.3, -0.25) is 0 Å². The fraction of sp³-hybridized carbons (Fsp3) is 0.455. The number of carbonyl (C=O) groups is 1. The van der Waals surface area contributed by atoms with Gasteiger partial charge in [-0.05, 0) is 73.1 Å². The van der Waals surface area contributed by atoms with Gasteiger partial charge in [0.2, 0.25) is 0 Å². The van der Waals surface area contributed by atoms with Gasteiger partial charge >= 0.3 is 6.03 Å². The van der Waals surface area contributed by atoms with Gasteiger partial charge in [-0.1, -0.05) is 30.3 Å². The van der Waals surface area contributed by atoms with Crippen LogP contribution in [0.15, 0.2) is 41.5 Å². The van der Waals surface area contributed by atoms with Gasteiger partial charge in [0.1, 0.15) is 5.75 Å². The Kier molecular flexibility index (Phi) is 3.85. The number of urea groups is 1. The SMILES string of the molecule is O=C(NN=Cc1c(O)ccc2ccccc12)NC12CC3CC(CC(C3)C1)C2. The lowest BCUT2D eigenvalue weighted by molar-refractivity contribution is -0.0135. The van der Waals surface area contributed by atoms with Crippen LogP contribution in [0.3, 0.4) is 0 Å². The highest BCUT2D eigenvalue weighted by atomic mass is 16.3. The van der Waals surface area contributed by atoms with Crippen molar-refractivity contribution in [2.75, 3.05) is 0 Å². The van der Waals surface area contributed by atoms with Crippen molar-refractivity contribution >= 4 is 23.0 Å². The summed E-state index contributed by atoms with van der Waals surface area (Å²) in [6, 6.07) is 11.1. The molecule has 4 aliphatic rings. The summed E-state index contributed by atoms with van der Waals surface area (Å²) in [5, 5.41) is 19.4. The Morgan fingerprint density at radius 2 is 1.70 bits per heavy atom. The van der Waals surface area contributed by atoms with Crippen LogP contribution < -0.4 is 10.7 Å². The fourth-order valence-corrected chi connectivity index (χ4v) is 6.11. The van der Waals surface area contributed by atoms with Crippen LogP contribution in [0.25, 0.3) is 10.8 Å². The summed E-state index contributed by atoms with van der Waals surface area (Å²) >= 11 is 0. The summed E-state index contributed by atoms with van der Waals surface area (Å²) in [4.78, 5) is 12.5. The van der Waals surface area contributed by atoms with E-state index in [4.69, 9.17) is 0 Å². The second-order valence-electron chi connectivity index (χ2n) is 8.74. The minimum Gasteiger partial charge on any atom is -0.507 e. The van der Waals surface area contributed by atoms with Gasteiger partial charge in [0, 0.05) is 11.1 Å². The van der Waals surface area contributed by atoms with Crippen LogP contribution in [0.5, 0.6) is 5.75 Å². The van der Waals surface area contributed by atoms with Gasteiger partial charge < -0.3 is 10.4 Å². The number of nitrogens with zero attached hydrogens (tertiary/aromatic N) is 1. The van der Waals surface area contributed by atoms with Gasteiger partial charge in [0.05, 0.1) is 6.21 Å². The summed E-state index contributed by atoms with van der Waals surface area (Å²) in [7, 11) is 0. The number of amides is 2. The van der Waals surface area contributed by atoms with E-state index in [9.17, 15) is 9.90 Å². The van der Waals surface area contributed by atoms with E-state index >= 15 is 0 Å². The molecule has 5 heteroatoms. The summed E-state index contributed by atoms with van der Waals surface area (Å²) in [5.74, 6) is 2.51. The lowest BCUT2D eigenvalue weighted by Crippen LogP contribution is -2.61. The van der Waals surface area contributed by atoms with E-state index < -0.39 is 0 Å². The van der Waals surface area contributed by atoms with Crippen LogP contribution in [-0.4, -0.2) is 22.9 Å². The van der Waals surface area contributed by atoms with Crippen molar-refractivity contribution in [2.45, 2.75) is 44.1 Å². The van der Waals surface area contributed by atoms with Gasteiger partial charge in [0.25, 0.3) is 0 Å². The molecule has 2 aromatic rings. The molecule has 0 unspecified atom stereocenters. The summed E-state index contributed by atoms with van der Waals surface area (Å²) < 4.78 is 0. The standard InChI is InChI=1S/C22H25N3O2/c26-20-6-5-17-3-1-2-4-18(17)19(20)13-23-25-21(27)24-22-10-14-7-15(11-22)9-16(8-14)12-22/h1-6,13-16,26H,7-12H2,(H2,24,25,27). The molecular formula is C22H25N3O2. The molecule has 0 saturated heterocycles. The first-order chi connectivity index (χ1) is 13.1. The predicted octanol–water partition coefficient (Wildman–Crippen LogP) is 4.15. The van der Waals surface area contributed by atoms with Crippen molar-refractivity contribution in [1.29, 1.82) is 0 Å². The molecular weight excluding hydrogens is 338 g/mol. The molecule has 0 aliphatic heterocycles. The first-order valence-corrected chi connectivity index (χ1v) is 9.92. The van der Waals surface area contributed by atoms with E-state index in [0.29, 0.717) is 5.56 Å². The van der Waals surface area contributed by atoms with Crippen molar-refractivity contribution in [2.24, 2.45) is 22.9 Å². The van der Waals surface area contributed by atoms with Crippen molar-refractivity contribution in [1.82, 2.24) is 10.7 Å². The second-order valence-corrected chi connectivity index (χ2v) is 8.74. The Morgan fingerprint density at radius 3 is 2.41 bits per heavy atom. The first kappa shape index (κ1) is 16.6. The molecule has 0 atom stereocenters. The van der Waals surface area contributed by atoms with Gasteiger partial charge in [-0.25, -0.2) is 10.2 Å². The minimum absolute atomic E-state index is 0.0318. The fourth-order valence-electron chi connectivity index (χ4n) is 6.11. The highest BCUT2D eigenvalue weighted by Gasteiger charge is 2.51. The van der Waals surface area contributed by atoms with Crippen molar-refractivity contribution in [3.05, 3.63) is 42.0 Å². The lowest BCUT2D eigenvalue weighted by atomic mass is 9.53. The third-order valence-corrected chi connectivity index (χ3v) is 6.72. The normalized spacial score (nSPS) is 31.5. The maximum absolute atomic E-state index is 12.5. The number of rotatable bonds is 3. The van der Waals surface area contributed by atoms with E-state index in [-0.39, 0.29) is 17.3 Å². The zero-order valence-electron chi connectivity index (χ0n) is 15.3. The summed E-state index contributed by atoms with van der Waals surface area (Å²) in [6.07, 6.45) is 8.90. The van der Waals surface area contributed by atoms with Crippen LogP contribution in [-0.2, 0) is 0 Å². The largest absolute Gasteiger partial charge is 0.507 e. The molecule has 27 heavy (non-hydrogen) atoms. The van der Waals surface area contributed by atoms with Crippen molar-refractivity contribution in [3.63, 3.8) is 0 Å². The van der Waals surface area contributed by atoms with Crippen molar-refractivity contribution in [3.8, 4) is 5.75 Å². The molecule has 140 valence electrons. The zero-order chi connectivity index (χ0) is 18.4. The van der Waals surface area contributed by atoms with Crippen molar-refractivity contribution < 1.29 is 9.90 Å². The number of hydrogen-bond donors (Lipinski definition) is 3. The third kappa shape index (κ3) is 3.05. The van der Waals surface area contributed by atoms with Gasteiger partial charge in [-0.2, -0.15) is 5.10 Å². The highest BCUT2D eigenvalue weighted by Crippen LogP contribution is 2.55. The minimum atomic E-state index is -0.243. The Hall–Kier alpha value is -2.56. The van der Waals surface area contributed by atoms with E-state index in [1.165, 1.54) is 25.5 Å². The quantitative estimate of drug-likeness (QED) is 0.566. The van der Waals surface area contributed by atoms with Crippen LogP contribution >= 0.6 is 0 Å². The van der Waals surface area contributed by atoms with E-state index in [1.807, 2.05) is 30.3 Å². The molecule has 2 aromatic carbocycles. The molecule has 2 amide bonds. The number of phenolic OH excluding ortho intramolecular Hbond substituents is 1. The summed E-state index contributed by atoms with van der Waals surface area (Å²) in [5.41, 5.74) is 3.19. The summed E-state index contributed by atoms with van der Waals surface area (Å²) in [6.45, 7) is 0. The maximum Gasteiger partial charge on any atom is 0.335 e. The average molecular weight is 363 g/mol. The van der Waals surface area contributed by atoms with Crippen LogP contribution in [0.2, 0.25) is 0 Å². The Morgan fingerprint density at radius 1 is 1.04 bits per heavy atom. The predicted molar refractivity (Wildman–Crippen MR) is 106 cm³/mol. The molecule has 4 aliphatic carbocycles. The molecule has 4 saturated carbocycles. The number of fused-ring (bicyclic) bond motifs is 1. The van der Waals surface area contributed by atoms with Crippen LogP contribution in [0.1, 0.15) is 44.1 Å². The first-order valence-electron chi connectivity index (χ1n) is 9.92. The molecule has 0 radical (unpaired) electrons. The smallest absolute Gasteiger partial charge is 0.335 e. The number of phenols is 1. The topological polar surface area (TPSA) is 73.7 Å². The van der Waals surface area contributed by atoms with Gasteiger partial charge in [0.15, 0.2) is 0 Å². The zero-order valence-corrected chi connectivity index (χ0v) is 15.3. The second kappa shape index (κ2) is 6.25. The molecule has 4 fully saturated rings. The number of nitrogens with one attached hydrogen (secondary N) is 2. The van der Waals surface area contributed by atoms with Gasteiger partial charge in [-0.15, -0.1) is 0 Å². The maximum atomic E-state index is 12.5. The van der Waals surface area contributed by atoms with Crippen LogP contribution in [0, 0.1) is 17.8 Å². The molecule has 0 heterocycles. The van der Waals surface area contributed by atoms with Crippen LogP contribution in [0.4, 0.5) is 4.79 Å². The van der Waals surface area contributed by atoms with E-state index in [0.717, 1.165) is 47.8 Å². The third-order valence-electron chi connectivity index (χ3n) is 6.72. The number of hydrazone groups is 1. The lowest BCUT2D eigenvalue weighted by Gasteiger charge is -2.56. The average Bonchev–Trinajstić information content (AvgIpc) is 2.62. The number of carbonyl (C=O) groups excluding carboxylic acids is 1. The Labute approximate surface area is 158 Å². The monoisotopic (exact) mass is 363 g/mol. The number of benzene rings is 2. The Balaban J connectivity index is 1.28. The Bertz CT molecular complexity index is 886.